The summed E-state index contributed by atoms with van der Waals surface area (Å²) in [6, 6.07) is 14.3. The number of imide groups is 1. The minimum absolute atomic E-state index is 0.145. The second-order valence-electron chi connectivity index (χ2n) is 9.08. The van der Waals surface area contributed by atoms with E-state index in [1.54, 1.807) is 0 Å². The number of amides is 2. The van der Waals surface area contributed by atoms with E-state index in [-0.39, 0.29) is 11.8 Å². The first-order valence-corrected chi connectivity index (χ1v) is 12.1. The van der Waals surface area contributed by atoms with Crippen LogP contribution in [0.5, 0.6) is 0 Å². The summed E-state index contributed by atoms with van der Waals surface area (Å²) in [6.07, 6.45) is 7.65. The molecule has 2 aromatic rings. The number of carbonyl (C=O) groups excluding carboxylic acids is 2. The van der Waals surface area contributed by atoms with Gasteiger partial charge in [-0.15, -0.1) is 0 Å². The van der Waals surface area contributed by atoms with Crippen molar-refractivity contribution in [3.05, 3.63) is 70.4 Å². The Balaban J connectivity index is 1.65. The zero-order valence-electron chi connectivity index (χ0n) is 19.6. The molecule has 0 N–H and O–H groups in total. The van der Waals surface area contributed by atoms with Crippen LogP contribution >= 0.6 is 0 Å². The third-order valence-electron chi connectivity index (χ3n) is 6.83. The number of nitrogens with zero attached hydrogens (tertiary/aromatic N) is 2. The van der Waals surface area contributed by atoms with Gasteiger partial charge in [-0.05, 0) is 55.0 Å². The number of carbonyl (C=O) groups is 2. The van der Waals surface area contributed by atoms with Crippen molar-refractivity contribution in [1.29, 1.82) is 0 Å². The minimum atomic E-state index is -0.147. The second-order valence-corrected chi connectivity index (χ2v) is 9.08. The molecule has 2 aromatic carbocycles. The van der Waals surface area contributed by atoms with E-state index in [1.807, 2.05) is 30.3 Å². The molecule has 0 aliphatic carbocycles. The summed E-state index contributed by atoms with van der Waals surface area (Å²) < 4.78 is 0. The van der Waals surface area contributed by atoms with Gasteiger partial charge in [-0.2, -0.15) is 0 Å². The van der Waals surface area contributed by atoms with Crippen molar-refractivity contribution in [2.75, 3.05) is 18.0 Å². The topological polar surface area (TPSA) is 40.6 Å². The molecule has 2 aliphatic rings. The largest absolute Gasteiger partial charge is 0.336 e. The van der Waals surface area contributed by atoms with Gasteiger partial charge in [-0.1, -0.05) is 75.4 Å². The second kappa shape index (κ2) is 9.72. The lowest BCUT2D eigenvalue weighted by Gasteiger charge is -2.22. The highest BCUT2D eigenvalue weighted by Gasteiger charge is 2.42. The monoisotopic (exact) mass is 430 g/mol. The molecule has 0 aromatic heterocycles. The van der Waals surface area contributed by atoms with Gasteiger partial charge in [-0.3, -0.25) is 14.5 Å². The van der Waals surface area contributed by atoms with E-state index in [0.717, 1.165) is 49.0 Å². The molecule has 0 saturated carbocycles. The van der Waals surface area contributed by atoms with Gasteiger partial charge in [0.15, 0.2) is 0 Å². The van der Waals surface area contributed by atoms with Crippen LogP contribution in [-0.2, 0) is 16.0 Å². The van der Waals surface area contributed by atoms with Gasteiger partial charge < -0.3 is 4.90 Å². The number of anilines is 1. The van der Waals surface area contributed by atoms with Crippen molar-refractivity contribution in [2.24, 2.45) is 0 Å². The van der Waals surface area contributed by atoms with Crippen LogP contribution in [0.15, 0.2) is 48.2 Å². The normalized spacial score (nSPS) is 15.8. The van der Waals surface area contributed by atoms with Crippen molar-refractivity contribution < 1.29 is 9.59 Å². The summed E-state index contributed by atoms with van der Waals surface area (Å²) in [7, 11) is 0. The summed E-state index contributed by atoms with van der Waals surface area (Å²) in [5, 5.41) is 0. The van der Waals surface area contributed by atoms with Crippen LogP contribution in [0.3, 0.4) is 0 Å². The lowest BCUT2D eigenvalue weighted by atomic mass is 9.99. The predicted octanol–water partition coefficient (Wildman–Crippen LogP) is 5.81. The number of hydrogen-bond acceptors (Lipinski definition) is 3. The summed E-state index contributed by atoms with van der Waals surface area (Å²) in [6.45, 7) is 7.56. The van der Waals surface area contributed by atoms with E-state index in [0.29, 0.717) is 17.8 Å². The zero-order chi connectivity index (χ0) is 22.7. The summed E-state index contributed by atoms with van der Waals surface area (Å²) >= 11 is 0. The van der Waals surface area contributed by atoms with Crippen molar-refractivity contribution in [3.63, 3.8) is 0 Å². The van der Waals surface area contributed by atoms with Gasteiger partial charge in [-0.25, -0.2) is 0 Å². The SMILES string of the molecule is CCCCCCCCN1C(=O)C(c2ccc(C)c(C)c2)=C(N2CCc3ccccc32)C1=O. The van der Waals surface area contributed by atoms with Crippen molar-refractivity contribution in [3.8, 4) is 0 Å². The Morgan fingerprint density at radius 3 is 2.38 bits per heavy atom. The third-order valence-corrected chi connectivity index (χ3v) is 6.83. The Morgan fingerprint density at radius 1 is 0.844 bits per heavy atom. The van der Waals surface area contributed by atoms with Crippen molar-refractivity contribution in [2.45, 2.75) is 65.7 Å². The van der Waals surface area contributed by atoms with Crippen LogP contribution in [0.4, 0.5) is 5.69 Å². The van der Waals surface area contributed by atoms with E-state index < -0.39 is 0 Å². The van der Waals surface area contributed by atoms with Crippen molar-refractivity contribution >= 4 is 23.1 Å². The van der Waals surface area contributed by atoms with E-state index >= 15 is 0 Å². The fourth-order valence-electron chi connectivity index (χ4n) is 4.79. The fourth-order valence-corrected chi connectivity index (χ4v) is 4.79. The van der Waals surface area contributed by atoms with Crippen LogP contribution in [0.25, 0.3) is 5.57 Å². The number of unbranched alkanes of at least 4 members (excludes halogenated alkanes) is 5. The molecular weight excluding hydrogens is 396 g/mol. The molecule has 0 spiro atoms. The number of aryl methyl sites for hydroxylation is 2. The molecule has 0 radical (unpaired) electrons. The smallest absolute Gasteiger partial charge is 0.278 e. The van der Waals surface area contributed by atoms with Crippen LogP contribution in [-0.4, -0.2) is 29.8 Å². The molecule has 2 amide bonds. The maximum absolute atomic E-state index is 13.6. The number of hydrogen-bond donors (Lipinski definition) is 0. The maximum Gasteiger partial charge on any atom is 0.278 e. The average molecular weight is 431 g/mol. The van der Waals surface area contributed by atoms with Gasteiger partial charge in [0.05, 0.1) is 5.57 Å². The fraction of sp³-hybridized carbons (Fsp3) is 0.429. The quantitative estimate of drug-likeness (QED) is 0.372. The molecule has 32 heavy (non-hydrogen) atoms. The number of para-hydroxylation sites is 1. The van der Waals surface area contributed by atoms with E-state index in [4.69, 9.17) is 0 Å². The predicted molar refractivity (Wildman–Crippen MR) is 130 cm³/mol. The first-order valence-electron chi connectivity index (χ1n) is 12.1. The summed E-state index contributed by atoms with van der Waals surface area (Å²) in [5.74, 6) is -0.292. The highest BCUT2D eigenvalue weighted by molar-refractivity contribution is 6.36. The molecular formula is C28H34N2O2. The molecule has 4 rings (SSSR count). The van der Waals surface area contributed by atoms with Crippen LogP contribution in [0.2, 0.25) is 0 Å². The molecule has 2 aliphatic heterocycles. The van der Waals surface area contributed by atoms with Gasteiger partial charge in [0.1, 0.15) is 5.70 Å². The lowest BCUT2D eigenvalue weighted by Crippen LogP contribution is -2.35. The Labute approximate surface area is 191 Å². The average Bonchev–Trinajstić information content (AvgIpc) is 3.31. The molecule has 0 fully saturated rings. The molecule has 0 saturated heterocycles. The van der Waals surface area contributed by atoms with E-state index in [9.17, 15) is 9.59 Å². The molecule has 0 bridgehead atoms. The van der Waals surface area contributed by atoms with Crippen LogP contribution in [0.1, 0.15) is 67.7 Å². The standard InChI is InChI=1S/C28H34N2O2/c1-4-5-6-7-8-11-17-30-27(31)25(23-15-14-20(2)21(3)19-23)26(28(30)32)29-18-16-22-12-9-10-13-24(22)29/h9-10,12-15,19H,4-8,11,16-18H2,1-3H3. The Kier molecular flexibility index (Phi) is 6.78. The zero-order valence-corrected chi connectivity index (χ0v) is 19.6. The minimum Gasteiger partial charge on any atom is -0.336 e. The Bertz CT molecular complexity index is 1050. The first kappa shape index (κ1) is 22.3. The molecule has 4 heteroatoms. The van der Waals surface area contributed by atoms with E-state index in [2.05, 4.69) is 37.8 Å². The number of rotatable bonds is 9. The Hall–Kier alpha value is -2.88. The summed E-state index contributed by atoms with van der Waals surface area (Å²) in [4.78, 5) is 30.8. The maximum atomic E-state index is 13.6. The van der Waals surface area contributed by atoms with Crippen LogP contribution in [0, 0.1) is 13.8 Å². The molecule has 0 unspecified atom stereocenters. The summed E-state index contributed by atoms with van der Waals surface area (Å²) in [5.41, 5.74) is 6.54. The van der Waals surface area contributed by atoms with Gasteiger partial charge in [0, 0.05) is 18.8 Å². The lowest BCUT2D eigenvalue weighted by molar-refractivity contribution is -0.136. The van der Waals surface area contributed by atoms with Crippen LogP contribution < -0.4 is 4.90 Å². The van der Waals surface area contributed by atoms with Gasteiger partial charge in [0.2, 0.25) is 0 Å². The molecule has 168 valence electrons. The number of fused-ring (bicyclic) bond motifs is 1. The Morgan fingerprint density at radius 2 is 1.59 bits per heavy atom. The number of benzene rings is 2. The van der Waals surface area contributed by atoms with Gasteiger partial charge >= 0.3 is 0 Å². The first-order chi connectivity index (χ1) is 15.5. The van der Waals surface area contributed by atoms with Gasteiger partial charge in [0.25, 0.3) is 11.8 Å². The molecule has 4 nitrogen and oxygen atoms in total. The highest BCUT2D eigenvalue weighted by atomic mass is 16.2. The highest BCUT2D eigenvalue weighted by Crippen LogP contribution is 2.38. The molecule has 0 atom stereocenters. The van der Waals surface area contributed by atoms with E-state index in [1.165, 1.54) is 35.3 Å². The van der Waals surface area contributed by atoms with Crippen molar-refractivity contribution in [1.82, 2.24) is 4.90 Å². The third kappa shape index (κ3) is 4.23. The molecule has 2 heterocycles.